The third-order valence-corrected chi connectivity index (χ3v) is 6.37. The molecular formula is C23H22N2O3S. The molecule has 3 aromatic rings. The van der Waals surface area contributed by atoms with Crippen molar-refractivity contribution in [2.45, 2.75) is 37.6 Å². The number of fused-ring (bicyclic) bond motifs is 1. The summed E-state index contributed by atoms with van der Waals surface area (Å²) in [6, 6.07) is 16.6. The van der Waals surface area contributed by atoms with Crippen LogP contribution in [0.3, 0.4) is 0 Å². The standard InChI is InChI=1S/C23H22N2O3S/c1-15-3-7-18(8-4-15)21(27)19-9-5-17(6-10-19)14-28-22-16(2)13-25-20(26)11-12-24-23(25)29-22/h3-12,16,22H,13-14H2,1-2H3. The van der Waals surface area contributed by atoms with Crippen LogP contribution in [0.2, 0.25) is 0 Å². The molecule has 0 fully saturated rings. The molecule has 1 aliphatic rings. The van der Waals surface area contributed by atoms with Gasteiger partial charge >= 0.3 is 0 Å². The normalized spacial score (nSPS) is 18.3. The number of benzene rings is 2. The fraction of sp³-hybridized carbons (Fsp3) is 0.261. The Morgan fingerprint density at radius 2 is 1.76 bits per heavy atom. The molecule has 0 saturated carbocycles. The van der Waals surface area contributed by atoms with Crippen LogP contribution in [0.1, 0.15) is 34.0 Å². The molecule has 2 atom stereocenters. The minimum Gasteiger partial charge on any atom is -0.362 e. The number of nitrogens with zero attached hydrogens (tertiary/aromatic N) is 2. The first-order chi connectivity index (χ1) is 14.0. The van der Waals surface area contributed by atoms with Gasteiger partial charge in [-0.2, -0.15) is 0 Å². The van der Waals surface area contributed by atoms with Crippen molar-refractivity contribution in [2.75, 3.05) is 0 Å². The van der Waals surface area contributed by atoms with Crippen LogP contribution in [-0.2, 0) is 17.9 Å². The van der Waals surface area contributed by atoms with Gasteiger partial charge in [0.1, 0.15) is 5.44 Å². The summed E-state index contributed by atoms with van der Waals surface area (Å²) in [6.07, 6.45) is 1.54. The van der Waals surface area contributed by atoms with E-state index in [0.717, 1.165) is 11.1 Å². The van der Waals surface area contributed by atoms with Gasteiger partial charge in [0, 0.05) is 35.9 Å². The second kappa shape index (κ2) is 8.35. The number of hydrogen-bond acceptors (Lipinski definition) is 5. The van der Waals surface area contributed by atoms with Gasteiger partial charge in [-0.3, -0.25) is 14.2 Å². The molecule has 0 spiro atoms. The smallest absolute Gasteiger partial charge is 0.254 e. The monoisotopic (exact) mass is 406 g/mol. The number of ether oxygens (including phenoxy) is 1. The van der Waals surface area contributed by atoms with Crippen LogP contribution in [-0.4, -0.2) is 20.8 Å². The average Bonchev–Trinajstić information content (AvgIpc) is 2.73. The summed E-state index contributed by atoms with van der Waals surface area (Å²) in [5.41, 5.74) is 3.39. The van der Waals surface area contributed by atoms with Crippen molar-refractivity contribution in [3.63, 3.8) is 0 Å². The van der Waals surface area contributed by atoms with E-state index >= 15 is 0 Å². The van der Waals surface area contributed by atoms with Crippen LogP contribution in [0.25, 0.3) is 0 Å². The zero-order chi connectivity index (χ0) is 20.4. The van der Waals surface area contributed by atoms with Crippen molar-refractivity contribution in [2.24, 2.45) is 5.92 Å². The summed E-state index contributed by atoms with van der Waals surface area (Å²) >= 11 is 1.48. The molecule has 0 radical (unpaired) electrons. The zero-order valence-electron chi connectivity index (χ0n) is 16.4. The van der Waals surface area contributed by atoms with E-state index < -0.39 is 0 Å². The Bertz CT molecular complexity index is 1070. The summed E-state index contributed by atoms with van der Waals surface area (Å²) in [7, 11) is 0. The molecule has 148 valence electrons. The number of carbonyl (C=O) groups excluding carboxylic acids is 1. The second-order valence-electron chi connectivity index (χ2n) is 7.34. The SMILES string of the molecule is Cc1ccc(C(=O)c2ccc(COC3Sc4nccc(=O)n4CC3C)cc2)cc1. The van der Waals surface area contributed by atoms with Crippen molar-refractivity contribution >= 4 is 17.5 Å². The van der Waals surface area contributed by atoms with Gasteiger partial charge < -0.3 is 4.74 Å². The van der Waals surface area contributed by atoms with Crippen molar-refractivity contribution < 1.29 is 9.53 Å². The maximum atomic E-state index is 12.6. The summed E-state index contributed by atoms with van der Waals surface area (Å²) < 4.78 is 7.79. The number of thioether (sulfide) groups is 1. The molecule has 29 heavy (non-hydrogen) atoms. The van der Waals surface area contributed by atoms with E-state index in [-0.39, 0.29) is 22.7 Å². The number of rotatable bonds is 5. The first kappa shape index (κ1) is 19.6. The molecule has 0 bridgehead atoms. The Balaban J connectivity index is 1.40. The van der Waals surface area contributed by atoms with Gasteiger partial charge in [0.25, 0.3) is 5.56 Å². The first-order valence-electron chi connectivity index (χ1n) is 9.55. The highest BCUT2D eigenvalue weighted by molar-refractivity contribution is 7.99. The van der Waals surface area contributed by atoms with E-state index in [1.807, 2.05) is 55.5 Å². The fourth-order valence-corrected chi connectivity index (χ4v) is 4.35. The molecular weight excluding hydrogens is 384 g/mol. The second-order valence-corrected chi connectivity index (χ2v) is 8.41. The first-order valence-corrected chi connectivity index (χ1v) is 10.4. The molecule has 1 aromatic heterocycles. The molecule has 0 saturated heterocycles. The third-order valence-electron chi connectivity index (χ3n) is 5.00. The topological polar surface area (TPSA) is 61.2 Å². The fourth-order valence-electron chi connectivity index (χ4n) is 3.28. The zero-order valence-corrected chi connectivity index (χ0v) is 17.2. The van der Waals surface area contributed by atoms with Crippen molar-refractivity contribution in [3.05, 3.63) is 93.4 Å². The van der Waals surface area contributed by atoms with Gasteiger partial charge in [0.2, 0.25) is 0 Å². The molecule has 6 heteroatoms. The van der Waals surface area contributed by atoms with Crippen LogP contribution >= 0.6 is 11.8 Å². The lowest BCUT2D eigenvalue weighted by atomic mass is 10.0. The molecule has 0 amide bonds. The van der Waals surface area contributed by atoms with Gasteiger partial charge in [0.05, 0.1) is 6.61 Å². The van der Waals surface area contributed by atoms with E-state index in [1.165, 1.54) is 24.0 Å². The van der Waals surface area contributed by atoms with Gasteiger partial charge in [-0.05, 0) is 12.5 Å². The lowest BCUT2D eigenvalue weighted by Gasteiger charge is -2.30. The van der Waals surface area contributed by atoms with E-state index in [9.17, 15) is 9.59 Å². The van der Waals surface area contributed by atoms with E-state index in [0.29, 0.717) is 29.4 Å². The molecule has 2 heterocycles. The van der Waals surface area contributed by atoms with Crippen LogP contribution in [0.4, 0.5) is 0 Å². The lowest BCUT2D eigenvalue weighted by Crippen LogP contribution is -2.34. The van der Waals surface area contributed by atoms with Crippen molar-refractivity contribution in [1.29, 1.82) is 0 Å². The molecule has 0 aliphatic carbocycles. The highest BCUT2D eigenvalue weighted by atomic mass is 32.2. The van der Waals surface area contributed by atoms with Gasteiger partial charge in [-0.15, -0.1) is 0 Å². The van der Waals surface area contributed by atoms with E-state index in [1.54, 1.807) is 4.57 Å². The maximum absolute atomic E-state index is 12.6. The molecule has 2 unspecified atom stereocenters. The number of carbonyl (C=O) groups is 1. The Labute approximate surface area is 173 Å². The summed E-state index contributed by atoms with van der Waals surface area (Å²) in [5.74, 6) is 0.207. The highest BCUT2D eigenvalue weighted by Gasteiger charge is 2.28. The van der Waals surface area contributed by atoms with E-state index in [4.69, 9.17) is 4.74 Å². The molecule has 5 nitrogen and oxygen atoms in total. The molecule has 0 N–H and O–H groups in total. The van der Waals surface area contributed by atoms with Gasteiger partial charge in [0.15, 0.2) is 10.9 Å². The predicted molar refractivity (Wildman–Crippen MR) is 113 cm³/mol. The Morgan fingerprint density at radius 1 is 1.10 bits per heavy atom. The Hall–Kier alpha value is -2.70. The van der Waals surface area contributed by atoms with Crippen LogP contribution in [0.5, 0.6) is 0 Å². The number of aryl methyl sites for hydroxylation is 1. The van der Waals surface area contributed by atoms with Gasteiger partial charge in [-0.25, -0.2) is 4.98 Å². The average molecular weight is 407 g/mol. The number of ketones is 1. The van der Waals surface area contributed by atoms with Gasteiger partial charge in [-0.1, -0.05) is 72.8 Å². The number of aromatic nitrogens is 2. The maximum Gasteiger partial charge on any atom is 0.254 e. The number of hydrogen-bond donors (Lipinski definition) is 0. The summed E-state index contributed by atoms with van der Waals surface area (Å²) in [5, 5.41) is 0.694. The largest absolute Gasteiger partial charge is 0.362 e. The Kier molecular flexibility index (Phi) is 5.65. The summed E-state index contributed by atoms with van der Waals surface area (Å²) in [4.78, 5) is 28.8. The summed E-state index contributed by atoms with van der Waals surface area (Å²) in [6.45, 7) is 5.12. The van der Waals surface area contributed by atoms with Crippen molar-refractivity contribution in [1.82, 2.24) is 9.55 Å². The Morgan fingerprint density at radius 3 is 2.45 bits per heavy atom. The molecule has 4 rings (SSSR count). The molecule has 2 aromatic carbocycles. The van der Waals surface area contributed by atoms with Crippen LogP contribution < -0.4 is 5.56 Å². The quantitative estimate of drug-likeness (QED) is 0.472. The third kappa shape index (κ3) is 4.33. The van der Waals surface area contributed by atoms with Crippen LogP contribution in [0, 0.1) is 12.8 Å². The van der Waals surface area contributed by atoms with E-state index in [2.05, 4.69) is 11.9 Å². The van der Waals surface area contributed by atoms with Crippen LogP contribution in [0.15, 0.2) is 70.7 Å². The minimum absolute atomic E-state index is 0.0158. The van der Waals surface area contributed by atoms with Crippen molar-refractivity contribution in [3.8, 4) is 0 Å². The highest BCUT2D eigenvalue weighted by Crippen LogP contribution is 2.33. The predicted octanol–water partition coefficient (Wildman–Crippen LogP) is 4.07. The minimum atomic E-state index is -0.0711. The lowest BCUT2D eigenvalue weighted by molar-refractivity contribution is 0.0551. The molecule has 1 aliphatic heterocycles.